The summed E-state index contributed by atoms with van der Waals surface area (Å²) < 4.78 is 0. The maximum absolute atomic E-state index is 12.2. The SMILES string of the molecule is CN1CCN(C(=O)c2cc(Cl)nc(Cl)c2)CC1=O. The van der Waals surface area contributed by atoms with Gasteiger partial charge in [-0.15, -0.1) is 0 Å². The second-order valence-corrected chi connectivity index (χ2v) is 4.82. The minimum atomic E-state index is -0.261. The molecule has 1 aromatic heterocycles. The fraction of sp³-hybridized carbons (Fsp3) is 0.364. The number of carbonyl (C=O) groups excluding carboxylic acids is 2. The van der Waals surface area contributed by atoms with E-state index < -0.39 is 0 Å². The molecule has 2 amide bonds. The molecule has 0 bridgehead atoms. The predicted molar refractivity (Wildman–Crippen MR) is 67.8 cm³/mol. The number of pyridine rings is 1. The first kappa shape index (κ1) is 13.1. The third-order valence-electron chi connectivity index (χ3n) is 2.75. The Morgan fingerprint density at radius 1 is 1.28 bits per heavy atom. The number of nitrogens with zero attached hydrogens (tertiary/aromatic N) is 3. The molecule has 0 N–H and O–H groups in total. The first-order chi connectivity index (χ1) is 8.47. The highest BCUT2D eigenvalue weighted by Gasteiger charge is 2.25. The van der Waals surface area contributed by atoms with E-state index in [0.717, 1.165) is 0 Å². The van der Waals surface area contributed by atoms with E-state index >= 15 is 0 Å². The van der Waals surface area contributed by atoms with E-state index in [2.05, 4.69) is 4.98 Å². The summed E-state index contributed by atoms with van der Waals surface area (Å²) in [7, 11) is 1.71. The van der Waals surface area contributed by atoms with Crippen molar-refractivity contribution in [3.8, 4) is 0 Å². The lowest BCUT2D eigenvalue weighted by atomic mass is 10.2. The molecule has 1 saturated heterocycles. The minimum Gasteiger partial charge on any atom is -0.342 e. The average molecular weight is 288 g/mol. The van der Waals surface area contributed by atoms with Crippen LogP contribution in [0.5, 0.6) is 0 Å². The molecule has 1 aliphatic rings. The lowest BCUT2D eigenvalue weighted by Crippen LogP contribution is -2.50. The van der Waals surface area contributed by atoms with Gasteiger partial charge in [-0.2, -0.15) is 0 Å². The maximum atomic E-state index is 12.2. The summed E-state index contributed by atoms with van der Waals surface area (Å²) >= 11 is 11.5. The van der Waals surface area contributed by atoms with E-state index in [1.54, 1.807) is 11.9 Å². The molecule has 0 atom stereocenters. The van der Waals surface area contributed by atoms with Gasteiger partial charge in [0, 0.05) is 25.7 Å². The Morgan fingerprint density at radius 2 is 1.89 bits per heavy atom. The van der Waals surface area contributed by atoms with Crippen LogP contribution >= 0.6 is 23.2 Å². The van der Waals surface area contributed by atoms with Crippen molar-refractivity contribution in [2.24, 2.45) is 0 Å². The Balaban J connectivity index is 2.18. The fourth-order valence-corrected chi connectivity index (χ4v) is 2.16. The van der Waals surface area contributed by atoms with Crippen LogP contribution in [0.2, 0.25) is 10.3 Å². The standard InChI is InChI=1S/C11H11Cl2N3O2/c1-15-2-3-16(6-10(15)17)11(18)7-4-8(12)14-9(13)5-7/h4-5H,2-3,6H2,1H3. The molecule has 7 heteroatoms. The maximum Gasteiger partial charge on any atom is 0.254 e. The first-order valence-electron chi connectivity index (χ1n) is 5.33. The van der Waals surface area contributed by atoms with Gasteiger partial charge in [0.25, 0.3) is 5.91 Å². The summed E-state index contributed by atoms with van der Waals surface area (Å²) in [5.74, 6) is -0.344. The van der Waals surface area contributed by atoms with Crippen LogP contribution in [-0.4, -0.2) is 53.3 Å². The third-order valence-corrected chi connectivity index (χ3v) is 3.14. The second-order valence-electron chi connectivity index (χ2n) is 4.04. The van der Waals surface area contributed by atoms with Crippen LogP contribution in [0.15, 0.2) is 12.1 Å². The Kier molecular flexibility index (Phi) is 3.73. The van der Waals surface area contributed by atoms with Gasteiger partial charge in [0.2, 0.25) is 5.91 Å². The number of hydrogen-bond donors (Lipinski definition) is 0. The number of rotatable bonds is 1. The van der Waals surface area contributed by atoms with Crippen LogP contribution in [0.25, 0.3) is 0 Å². The van der Waals surface area contributed by atoms with Gasteiger partial charge in [-0.25, -0.2) is 4.98 Å². The Labute approximate surface area is 114 Å². The molecule has 5 nitrogen and oxygen atoms in total. The van der Waals surface area contributed by atoms with E-state index in [4.69, 9.17) is 23.2 Å². The molecule has 0 saturated carbocycles. The average Bonchev–Trinajstić information content (AvgIpc) is 2.30. The van der Waals surface area contributed by atoms with E-state index in [9.17, 15) is 9.59 Å². The van der Waals surface area contributed by atoms with Crippen molar-refractivity contribution in [2.45, 2.75) is 0 Å². The van der Waals surface area contributed by atoms with Gasteiger partial charge in [0.15, 0.2) is 0 Å². The zero-order valence-electron chi connectivity index (χ0n) is 9.69. The topological polar surface area (TPSA) is 53.5 Å². The van der Waals surface area contributed by atoms with E-state index in [1.165, 1.54) is 17.0 Å². The number of halogens is 2. The van der Waals surface area contributed by atoms with Crippen molar-refractivity contribution >= 4 is 35.0 Å². The quantitative estimate of drug-likeness (QED) is 0.732. The van der Waals surface area contributed by atoms with Crippen molar-refractivity contribution in [1.29, 1.82) is 0 Å². The largest absolute Gasteiger partial charge is 0.342 e. The molecule has 2 heterocycles. The molecule has 0 aromatic carbocycles. The number of aromatic nitrogens is 1. The minimum absolute atomic E-state index is 0.0763. The van der Waals surface area contributed by atoms with E-state index in [-0.39, 0.29) is 28.7 Å². The number of piperazine rings is 1. The molecule has 96 valence electrons. The number of likely N-dealkylation sites (N-methyl/N-ethyl adjacent to an activating group) is 1. The molecule has 18 heavy (non-hydrogen) atoms. The normalized spacial score (nSPS) is 16.1. The lowest BCUT2D eigenvalue weighted by molar-refractivity contribution is -0.133. The van der Waals surface area contributed by atoms with Crippen LogP contribution in [0.4, 0.5) is 0 Å². The third kappa shape index (κ3) is 2.73. The Hall–Kier alpha value is -1.33. The van der Waals surface area contributed by atoms with Gasteiger partial charge in [-0.3, -0.25) is 9.59 Å². The van der Waals surface area contributed by atoms with Crippen LogP contribution in [0.1, 0.15) is 10.4 Å². The van der Waals surface area contributed by atoms with Crippen LogP contribution in [-0.2, 0) is 4.79 Å². The summed E-state index contributed by atoms with van der Waals surface area (Å²) in [5, 5.41) is 0.317. The Bertz CT molecular complexity index is 487. The molecule has 1 aromatic rings. The van der Waals surface area contributed by atoms with Crippen molar-refractivity contribution in [1.82, 2.24) is 14.8 Å². The monoisotopic (exact) mass is 287 g/mol. The molecule has 0 radical (unpaired) electrons. The van der Waals surface area contributed by atoms with Gasteiger partial charge >= 0.3 is 0 Å². The summed E-state index contributed by atoms with van der Waals surface area (Å²) in [6.07, 6.45) is 0. The number of amides is 2. The number of hydrogen-bond acceptors (Lipinski definition) is 3. The molecule has 0 aliphatic carbocycles. The summed E-state index contributed by atoms with van der Waals surface area (Å²) in [6.45, 7) is 1.10. The molecular weight excluding hydrogens is 277 g/mol. The van der Waals surface area contributed by atoms with Crippen LogP contribution in [0.3, 0.4) is 0 Å². The summed E-state index contributed by atoms with van der Waals surface area (Å²) in [5.41, 5.74) is 0.345. The van der Waals surface area contributed by atoms with Crippen molar-refractivity contribution in [3.05, 3.63) is 28.0 Å². The van der Waals surface area contributed by atoms with Gasteiger partial charge in [0.1, 0.15) is 16.9 Å². The summed E-state index contributed by atoms with van der Waals surface area (Å²) in [4.78, 5) is 30.6. The van der Waals surface area contributed by atoms with Crippen molar-refractivity contribution < 1.29 is 9.59 Å². The smallest absolute Gasteiger partial charge is 0.254 e. The first-order valence-corrected chi connectivity index (χ1v) is 6.09. The van der Waals surface area contributed by atoms with Crippen molar-refractivity contribution in [3.63, 3.8) is 0 Å². The molecule has 1 fully saturated rings. The highest BCUT2D eigenvalue weighted by atomic mass is 35.5. The van der Waals surface area contributed by atoms with E-state index in [0.29, 0.717) is 18.7 Å². The Morgan fingerprint density at radius 3 is 2.44 bits per heavy atom. The highest BCUT2D eigenvalue weighted by Crippen LogP contribution is 2.17. The van der Waals surface area contributed by atoms with Crippen LogP contribution < -0.4 is 0 Å². The predicted octanol–water partition coefficient (Wildman–Crippen LogP) is 1.30. The molecule has 2 rings (SSSR count). The second kappa shape index (κ2) is 5.12. The molecular formula is C11H11Cl2N3O2. The van der Waals surface area contributed by atoms with E-state index in [1.807, 2.05) is 0 Å². The van der Waals surface area contributed by atoms with Gasteiger partial charge in [0.05, 0.1) is 0 Å². The van der Waals surface area contributed by atoms with Gasteiger partial charge < -0.3 is 9.80 Å². The zero-order chi connectivity index (χ0) is 13.3. The zero-order valence-corrected chi connectivity index (χ0v) is 11.2. The van der Waals surface area contributed by atoms with Gasteiger partial charge in [-0.05, 0) is 12.1 Å². The molecule has 1 aliphatic heterocycles. The fourth-order valence-electron chi connectivity index (χ4n) is 1.70. The number of carbonyl (C=O) groups is 2. The van der Waals surface area contributed by atoms with Crippen molar-refractivity contribution in [2.75, 3.05) is 26.7 Å². The highest BCUT2D eigenvalue weighted by molar-refractivity contribution is 6.33. The molecule has 0 spiro atoms. The van der Waals surface area contributed by atoms with Crippen LogP contribution in [0, 0.1) is 0 Å². The van der Waals surface area contributed by atoms with Gasteiger partial charge in [-0.1, -0.05) is 23.2 Å². The molecule has 0 unspecified atom stereocenters. The lowest BCUT2D eigenvalue weighted by Gasteiger charge is -2.32. The summed E-state index contributed by atoms with van der Waals surface area (Å²) in [6, 6.07) is 2.89.